The van der Waals surface area contributed by atoms with E-state index >= 15 is 0 Å². The van der Waals surface area contributed by atoms with Crippen molar-refractivity contribution in [1.29, 1.82) is 0 Å². The Morgan fingerprint density at radius 1 is 0.909 bits per heavy atom. The van der Waals surface area contributed by atoms with E-state index in [1.54, 1.807) is 11.8 Å². The number of amides is 5. The number of fused-ring (bicyclic) bond motifs is 1. The number of carbonyl (C=O) groups is 9. The Morgan fingerprint density at radius 2 is 1.61 bits per heavy atom. The van der Waals surface area contributed by atoms with Gasteiger partial charge < -0.3 is 55.9 Å². The van der Waals surface area contributed by atoms with Crippen molar-refractivity contribution in [2.75, 3.05) is 98.6 Å². The van der Waals surface area contributed by atoms with Crippen LogP contribution in [0.2, 0.25) is 0 Å². The van der Waals surface area contributed by atoms with Crippen LogP contribution in [0.25, 0.3) is 0 Å². The minimum atomic E-state index is -1.46. The molecule has 5 unspecified atom stereocenters. The molecule has 4 aliphatic rings. The summed E-state index contributed by atoms with van der Waals surface area (Å²) in [7, 11) is 3.39. The van der Waals surface area contributed by atoms with E-state index in [0.717, 1.165) is 31.4 Å². The number of rotatable bonds is 24. The topological polar surface area (TPSA) is 300 Å². The summed E-state index contributed by atoms with van der Waals surface area (Å²) in [5.41, 5.74) is 0. The van der Waals surface area contributed by atoms with E-state index in [0.29, 0.717) is 78.0 Å². The van der Waals surface area contributed by atoms with Gasteiger partial charge in [0.25, 0.3) is 6.47 Å². The van der Waals surface area contributed by atoms with E-state index in [2.05, 4.69) is 26.2 Å². The highest BCUT2D eigenvalue weighted by Gasteiger charge is 2.42. The molecule has 5 atom stereocenters. The molecule has 3 aliphatic heterocycles. The first-order valence-electron chi connectivity index (χ1n) is 22.8. The zero-order valence-electron chi connectivity index (χ0n) is 38.1. The molecule has 0 spiro atoms. The highest BCUT2D eigenvalue weighted by atomic mass is 32.2. The molecule has 0 aromatic heterocycles. The Kier molecular flexibility index (Phi) is 22.6. The molecule has 4 fully saturated rings. The number of hydrogen-bond acceptors (Lipinski definition) is 16. The summed E-state index contributed by atoms with van der Waals surface area (Å²) in [5, 5.41) is 38.5. The number of urea groups is 1. The molecule has 0 radical (unpaired) electrons. The van der Waals surface area contributed by atoms with Crippen molar-refractivity contribution in [3.8, 4) is 0 Å². The Labute approximate surface area is 389 Å². The van der Waals surface area contributed by atoms with Gasteiger partial charge in [-0.3, -0.25) is 48.3 Å². The number of carboxylic acids is 2. The van der Waals surface area contributed by atoms with Crippen LogP contribution in [0.5, 0.6) is 0 Å². The molecule has 3 heterocycles. The standard InChI is InChI=1S/C42H69N9O14S/c1-47-13-15-49(26-64-27-52)17-18-51(23-38(58)59)30(20-50(16-14-47)22-37(56)57)19-28-7-9-29(10-8-28)43-34(53)11-12-39(60)65-24-31(41(61)62)44-35(54)21-48(2)36(55)6-4-3-5-33-40-32(25-66-33)45-42(63)46-40/h27-33,40H,3-26H2,1-2H3,(H,43,53)(H,44,54)(H,56,57)(H,58,59)(H,61,62)(H2,45,46,63)/p+1. The van der Waals surface area contributed by atoms with Crippen LogP contribution >= 0.6 is 11.8 Å². The van der Waals surface area contributed by atoms with Gasteiger partial charge in [-0.15, -0.1) is 0 Å². The lowest BCUT2D eigenvalue weighted by atomic mass is 9.81. The fraction of sp³-hybridized carbons (Fsp3) is 0.786. The van der Waals surface area contributed by atoms with Gasteiger partial charge in [0.2, 0.25) is 23.8 Å². The second-order valence-electron chi connectivity index (χ2n) is 17.8. The fourth-order valence-corrected chi connectivity index (χ4v) is 10.4. The van der Waals surface area contributed by atoms with Gasteiger partial charge in [0.05, 0.1) is 38.1 Å². The van der Waals surface area contributed by atoms with Crippen molar-refractivity contribution in [2.24, 2.45) is 5.92 Å². The van der Waals surface area contributed by atoms with Crippen LogP contribution in [-0.2, 0) is 47.8 Å². The van der Waals surface area contributed by atoms with Gasteiger partial charge >= 0.3 is 29.9 Å². The molecule has 3 saturated heterocycles. The lowest BCUT2D eigenvalue weighted by Crippen LogP contribution is -2.52. The largest absolute Gasteiger partial charge is 0.563 e. The van der Waals surface area contributed by atoms with Crippen LogP contribution in [0.15, 0.2) is 0 Å². The van der Waals surface area contributed by atoms with E-state index < -0.39 is 42.4 Å². The molecule has 0 bridgehead atoms. The number of nitrogens with one attached hydrogen (secondary N) is 4. The van der Waals surface area contributed by atoms with Crippen molar-refractivity contribution >= 4 is 65.9 Å². The van der Waals surface area contributed by atoms with Crippen molar-refractivity contribution in [2.45, 2.75) is 106 Å². The smallest absolute Gasteiger partial charge is 0.542 e. The third-order valence-corrected chi connectivity index (χ3v) is 14.1. The van der Waals surface area contributed by atoms with Crippen molar-refractivity contribution in [1.82, 2.24) is 45.8 Å². The van der Waals surface area contributed by atoms with E-state index in [-0.39, 0.29) is 98.8 Å². The van der Waals surface area contributed by atoms with Crippen molar-refractivity contribution in [3.05, 3.63) is 0 Å². The normalized spacial score (nSPS) is 25.1. The van der Waals surface area contributed by atoms with Gasteiger partial charge in [-0.1, -0.05) is 6.42 Å². The number of esters is 1. The molecule has 1 aliphatic carbocycles. The lowest BCUT2D eigenvalue weighted by molar-refractivity contribution is -0.151. The Bertz CT molecular complexity index is 1670. The van der Waals surface area contributed by atoms with Gasteiger partial charge in [-0.25, -0.2) is 4.79 Å². The summed E-state index contributed by atoms with van der Waals surface area (Å²) in [5.74, 6) is -4.32. The van der Waals surface area contributed by atoms with Gasteiger partial charge in [-0.05, 0) is 57.9 Å². The van der Waals surface area contributed by atoms with Gasteiger partial charge in [0, 0.05) is 93.6 Å². The molecule has 5 amide bonds. The fourth-order valence-electron chi connectivity index (χ4n) is 8.88. The second kappa shape index (κ2) is 27.8. The lowest BCUT2D eigenvalue weighted by Gasteiger charge is -2.39. The van der Waals surface area contributed by atoms with E-state index in [1.165, 1.54) is 11.9 Å². The first-order valence-corrected chi connectivity index (χ1v) is 23.8. The van der Waals surface area contributed by atoms with Crippen LogP contribution in [0.4, 0.5) is 4.79 Å². The third-order valence-electron chi connectivity index (χ3n) is 12.6. The summed E-state index contributed by atoms with van der Waals surface area (Å²) in [4.78, 5) is 118. The van der Waals surface area contributed by atoms with Crippen LogP contribution in [-0.4, -0.2) is 228 Å². The molecule has 372 valence electrons. The van der Waals surface area contributed by atoms with Crippen molar-refractivity contribution < 1.29 is 67.9 Å². The van der Waals surface area contributed by atoms with Crippen molar-refractivity contribution in [3.63, 3.8) is 0 Å². The minimum Gasteiger partial charge on any atom is -0.563 e. The second-order valence-corrected chi connectivity index (χ2v) is 19.0. The van der Waals surface area contributed by atoms with E-state index in [4.69, 9.17) is 14.6 Å². The number of likely N-dealkylation sites (N-methyl/N-ethyl adjacent to an activating group) is 2. The first kappa shape index (κ1) is 53.8. The molecule has 8 N–H and O–H groups in total. The number of nitrogens with zero attached hydrogens (tertiary/aromatic N) is 5. The summed E-state index contributed by atoms with van der Waals surface area (Å²) in [6.07, 6.45) is 5.26. The average Bonchev–Trinajstić information content (AvgIpc) is 3.82. The number of aliphatic carboxylic acids is 2. The number of hydrogen-bond donors (Lipinski definition) is 6. The summed E-state index contributed by atoms with van der Waals surface area (Å²) in [6.45, 7) is 2.41. The number of carbonyl (C=O) groups excluding carboxylic acids is 7. The zero-order valence-corrected chi connectivity index (χ0v) is 38.9. The van der Waals surface area contributed by atoms with Crippen LogP contribution < -0.4 is 21.3 Å². The average molecular weight is 957 g/mol. The molecular weight excluding hydrogens is 887 g/mol. The maximum Gasteiger partial charge on any atom is 0.542 e. The maximum absolute atomic E-state index is 12.9. The molecular formula is C42H70N9O14S+. The minimum absolute atomic E-state index is 0.0635. The molecule has 1 saturated carbocycles. The quantitative estimate of drug-likeness (QED) is 0.0197. The molecule has 0 aromatic carbocycles. The third kappa shape index (κ3) is 19.2. The number of thioether (sulfide) groups is 1. The predicted molar refractivity (Wildman–Crippen MR) is 239 cm³/mol. The molecule has 23 nitrogen and oxygen atoms in total. The Balaban J connectivity index is 1.17. The molecule has 0 aromatic rings. The maximum atomic E-state index is 12.9. The molecule has 24 heteroatoms. The first-order chi connectivity index (χ1) is 31.5. The van der Waals surface area contributed by atoms with E-state index in [1.807, 2.05) is 21.7 Å². The molecule has 66 heavy (non-hydrogen) atoms. The van der Waals surface area contributed by atoms with Gasteiger partial charge in [-0.2, -0.15) is 11.8 Å². The summed E-state index contributed by atoms with van der Waals surface area (Å²) < 4.78 is 10.2. The SMILES string of the molecule is CN1CCN(COC=O)CCN(CC(=O)O)C(CC2CCC(NC(=O)CCC(=O)OCC(NC(=O)CN(C)C(=O)CCCCC3SCC4NC(=O)NC43)C(=O)[OH2+])CC2)CN(CC(=O)O)CC1. The zero-order chi connectivity index (χ0) is 48.2. The van der Waals surface area contributed by atoms with Crippen LogP contribution in [0, 0.1) is 5.92 Å². The Hall–Kier alpha value is -4.78. The monoisotopic (exact) mass is 956 g/mol. The van der Waals surface area contributed by atoms with Crippen LogP contribution in [0.1, 0.15) is 70.6 Å². The summed E-state index contributed by atoms with van der Waals surface area (Å²) >= 11 is 1.79. The molecule has 4 rings (SSSR count). The van der Waals surface area contributed by atoms with Gasteiger partial charge in [0.1, 0.15) is 13.3 Å². The predicted octanol–water partition coefficient (Wildman–Crippen LogP) is -2.19. The van der Waals surface area contributed by atoms with Crippen LogP contribution in [0.3, 0.4) is 0 Å². The Morgan fingerprint density at radius 3 is 2.29 bits per heavy atom. The highest BCUT2D eigenvalue weighted by molar-refractivity contribution is 8.00. The number of ether oxygens (including phenoxy) is 2. The number of carboxylic acid groups (broad SMARTS) is 2. The summed E-state index contributed by atoms with van der Waals surface area (Å²) in [6, 6.07) is -1.86. The van der Waals surface area contributed by atoms with E-state index in [9.17, 15) is 53.4 Å². The van der Waals surface area contributed by atoms with Gasteiger partial charge in [0.15, 0.2) is 0 Å². The number of unbranched alkanes of at least 4 members (excludes halogenated alkanes) is 1. The highest BCUT2D eigenvalue weighted by Crippen LogP contribution is 2.33.